The number of hydrogen-bond donors (Lipinski definition) is 1. The molecule has 0 aliphatic carbocycles. The van der Waals surface area contributed by atoms with Crippen molar-refractivity contribution in [1.29, 1.82) is 0 Å². The number of aromatic amines is 1. The molecule has 0 amide bonds. The van der Waals surface area contributed by atoms with E-state index in [1.165, 1.54) is 6.20 Å². The van der Waals surface area contributed by atoms with Gasteiger partial charge in [0.25, 0.3) is 5.56 Å². The Bertz CT molecular complexity index is 739. The standard InChI is InChI=1S/C15H19BrN2O7/c1-3-23-13(20)10(14(21)24-4-2)8-5-6-25-12(8)18-7-9(16)11(19)17-15(18)22/h7-8,10,12H,3-6H2,1-2H3,(H,17,19,22)/t8-,12+/m0/s1. The van der Waals surface area contributed by atoms with E-state index in [1.54, 1.807) is 13.8 Å². The van der Waals surface area contributed by atoms with E-state index in [0.29, 0.717) is 6.42 Å². The van der Waals surface area contributed by atoms with Crippen LogP contribution in [0.2, 0.25) is 0 Å². The summed E-state index contributed by atoms with van der Waals surface area (Å²) in [5.41, 5.74) is -1.28. The SMILES string of the molecule is CCOC(=O)C(C(=O)OCC)[C@@H]1CCO[C@H]1n1cc(Br)c(=O)[nH]c1=O. The number of halogens is 1. The number of ether oxygens (including phenoxy) is 3. The van der Waals surface area contributed by atoms with E-state index < -0.39 is 41.3 Å². The van der Waals surface area contributed by atoms with Gasteiger partial charge in [-0.1, -0.05) is 0 Å². The highest BCUT2D eigenvalue weighted by atomic mass is 79.9. The molecule has 9 nitrogen and oxygen atoms in total. The molecule has 2 heterocycles. The highest BCUT2D eigenvalue weighted by molar-refractivity contribution is 9.10. The molecule has 25 heavy (non-hydrogen) atoms. The van der Waals surface area contributed by atoms with E-state index in [4.69, 9.17) is 14.2 Å². The molecule has 0 aromatic carbocycles. The van der Waals surface area contributed by atoms with Crippen molar-refractivity contribution in [3.63, 3.8) is 0 Å². The normalized spacial score (nSPS) is 19.8. The molecule has 2 atom stereocenters. The third-order valence-electron chi connectivity index (χ3n) is 3.81. The number of aromatic nitrogens is 2. The number of carbonyl (C=O) groups is 2. The van der Waals surface area contributed by atoms with Crippen LogP contribution in [0.1, 0.15) is 26.5 Å². The maximum atomic E-state index is 12.3. The fraction of sp³-hybridized carbons (Fsp3) is 0.600. The van der Waals surface area contributed by atoms with E-state index in [1.807, 2.05) is 0 Å². The van der Waals surface area contributed by atoms with Gasteiger partial charge in [0.05, 0.1) is 17.7 Å². The quantitative estimate of drug-likeness (QED) is 0.530. The predicted octanol–water partition coefficient (Wildman–Crippen LogP) is 0.577. The van der Waals surface area contributed by atoms with Crippen LogP contribution in [0.5, 0.6) is 0 Å². The van der Waals surface area contributed by atoms with E-state index in [2.05, 4.69) is 20.9 Å². The smallest absolute Gasteiger partial charge is 0.330 e. The Labute approximate surface area is 151 Å². The number of esters is 2. The molecule has 0 spiro atoms. The van der Waals surface area contributed by atoms with Crippen molar-refractivity contribution in [1.82, 2.24) is 9.55 Å². The molecule has 138 valence electrons. The van der Waals surface area contributed by atoms with Crippen molar-refractivity contribution < 1.29 is 23.8 Å². The molecule has 1 saturated heterocycles. The number of nitrogens with one attached hydrogen (secondary N) is 1. The van der Waals surface area contributed by atoms with E-state index in [9.17, 15) is 19.2 Å². The molecule has 1 aromatic rings. The summed E-state index contributed by atoms with van der Waals surface area (Å²) in [6, 6.07) is 0. The zero-order chi connectivity index (χ0) is 18.6. The number of carbonyl (C=O) groups excluding carboxylic acids is 2. The van der Waals surface area contributed by atoms with Crippen molar-refractivity contribution in [2.24, 2.45) is 11.8 Å². The van der Waals surface area contributed by atoms with Crippen LogP contribution in [-0.4, -0.2) is 41.3 Å². The molecule has 0 radical (unpaired) electrons. The highest BCUT2D eigenvalue weighted by Crippen LogP contribution is 2.36. The minimum atomic E-state index is -1.22. The Hall–Kier alpha value is -1.94. The van der Waals surface area contributed by atoms with Crippen molar-refractivity contribution in [2.75, 3.05) is 19.8 Å². The summed E-state index contributed by atoms with van der Waals surface area (Å²) in [4.78, 5) is 50.4. The first-order chi connectivity index (χ1) is 11.9. The summed E-state index contributed by atoms with van der Waals surface area (Å²) in [6.07, 6.45) is 0.729. The van der Waals surface area contributed by atoms with E-state index in [-0.39, 0.29) is 24.3 Å². The summed E-state index contributed by atoms with van der Waals surface area (Å²) in [5, 5.41) is 0. The van der Waals surface area contributed by atoms with Gasteiger partial charge in [-0.25, -0.2) is 4.79 Å². The van der Waals surface area contributed by atoms with Gasteiger partial charge in [0, 0.05) is 18.7 Å². The Morgan fingerprint density at radius 2 is 1.92 bits per heavy atom. The summed E-state index contributed by atoms with van der Waals surface area (Å²) in [7, 11) is 0. The first kappa shape index (κ1) is 19.4. The van der Waals surface area contributed by atoms with Crippen LogP contribution in [0, 0.1) is 11.8 Å². The summed E-state index contributed by atoms with van der Waals surface area (Å²) >= 11 is 3.05. The Morgan fingerprint density at radius 1 is 1.32 bits per heavy atom. The molecule has 0 bridgehead atoms. The van der Waals surface area contributed by atoms with Gasteiger partial charge in [-0.15, -0.1) is 0 Å². The first-order valence-corrected chi connectivity index (χ1v) is 8.65. The fourth-order valence-electron chi connectivity index (χ4n) is 2.77. The fourth-order valence-corrected chi connectivity index (χ4v) is 3.09. The molecule has 1 aliphatic rings. The first-order valence-electron chi connectivity index (χ1n) is 7.86. The second-order valence-electron chi connectivity index (χ2n) is 5.34. The lowest BCUT2D eigenvalue weighted by Gasteiger charge is -2.25. The summed E-state index contributed by atoms with van der Waals surface area (Å²) in [6.45, 7) is 3.72. The Kier molecular flexibility index (Phi) is 6.54. The van der Waals surface area contributed by atoms with Crippen molar-refractivity contribution in [3.05, 3.63) is 31.5 Å². The van der Waals surface area contributed by atoms with Gasteiger partial charge < -0.3 is 14.2 Å². The van der Waals surface area contributed by atoms with Crippen LogP contribution in [0.3, 0.4) is 0 Å². The molecule has 10 heteroatoms. The highest BCUT2D eigenvalue weighted by Gasteiger charge is 2.45. The van der Waals surface area contributed by atoms with Crippen molar-refractivity contribution in [2.45, 2.75) is 26.5 Å². The second kappa shape index (κ2) is 8.43. The second-order valence-corrected chi connectivity index (χ2v) is 6.19. The van der Waals surface area contributed by atoms with Crippen LogP contribution in [0.25, 0.3) is 0 Å². The maximum absolute atomic E-state index is 12.3. The Morgan fingerprint density at radius 3 is 2.48 bits per heavy atom. The van der Waals surface area contributed by atoms with Crippen LogP contribution >= 0.6 is 15.9 Å². The lowest BCUT2D eigenvalue weighted by molar-refractivity contribution is -0.166. The molecule has 0 unspecified atom stereocenters. The molecular formula is C15H19BrN2O7. The molecule has 2 rings (SSSR count). The zero-order valence-electron chi connectivity index (χ0n) is 13.8. The van der Waals surface area contributed by atoms with Gasteiger partial charge in [-0.05, 0) is 36.2 Å². The number of nitrogens with zero attached hydrogens (tertiary/aromatic N) is 1. The molecular weight excluding hydrogens is 400 g/mol. The van der Waals surface area contributed by atoms with Crippen LogP contribution in [0.4, 0.5) is 0 Å². The summed E-state index contributed by atoms with van der Waals surface area (Å²) < 4.78 is 16.8. The number of hydrogen-bond acceptors (Lipinski definition) is 7. The Balaban J connectivity index is 2.41. The van der Waals surface area contributed by atoms with Gasteiger partial charge in [0.15, 0.2) is 5.92 Å². The van der Waals surface area contributed by atoms with Gasteiger partial charge in [-0.3, -0.25) is 23.9 Å². The van der Waals surface area contributed by atoms with Crippen LogP contribution in [-0.2, 0) is 23.8 Å². The number of H-pyrrole nitrogens is 1. The molecule has 1 aliphatic heterocycles. The van der Waals surface area contributed by atoms with E-state index >= 15 is 0 Å². The van der Waals surface area contributed by atoms with Gasteiger partial charge in [-0.2, -0.15) is 0 Å². The van der Waals surface area contributed by atoms with Crippen molar-refractivity contribution >= 4 is 27.9 Å². The van der Waals surface area contributed by atoms with Crippen LogP contribution < -0.4 is 11.2 Å². The number of rotatable bonds is 6. The average Bonchev–Trinajstić information content (AvgIpc) is 3.00. The molecule has 1 fully saturated rings. The third kappa shape index (κ3) is 4.18. The van der Waals surface area contributed by atoms with Gasteiger partial charge in [0.2, 0.25) is 0 Å². The minimum absolute atomic E-state index is 0.108. The molecule has 1 N–H and O–H groups in total. The van der Waals surface area contributed by atoms with Crippen molar-refractivity contribution in [3.8, 4) is 0 Å². The third-order valence-corrected chi connectivity index (χ3v) is 4.38. The lowest BCUT2D eigenvalue weighted by Crippen LogP contribution is -2.40. The lowest BCUT2D eigenvalue weighted by atomic mass is 9.89. The topological polar surface area (TPSA) is 117 Å². The van der Waals surface area contributed by atoms with Gasteiger partial charge in [0.1, 0.15) is 6.23 Å². The predicted molar refractivity (Wildman–Crippen MR) is 88.9 cm³/mol. The van der Waals surface area contributed by atoms with E-state index in [0.717, 1.165) is 4.57 Å². The maximum Gasteiger partial charge on any atom is 0.330 e. The monoisotopic (exact) mass is 418 g/mol. The largest absolute Gasteiger partial charge is 0.465 e. The zero-order valence-corrected chi connectivity index (χ0v) is 15.4. The molecule has 0 saturated carbocycles. The van der Waals surface area contributed by atoms with Gasteiger partial charge >= 0.3 is 17.6 Å². The average molecular weight is 419 g/mol. The summed E-state index contributed by atoms with van der Waals surface area (Å²) in [5.74, 6) is -3.32. The molecule has 1 aromatic heterocycles. The minimum Gasteiger partial charge on any atom is -0.465 e. The van der Waals surface area contributed by atoms with Crippen LogP contribution in [0.15, 0.2) is 20.3 Å².